The highest BCUT2D eigenvalue weighted by atomic mass is 35.5. The summed E-state index contributed by atoms with van der Waals surface area (Å²) >= 11 is 6.17. The highest BCUT2D eigenvalue weighted by Gasteiger charge is 2.24. The second-order valence-corrected chi connectivity index (χ2v) is 8.32. The maximum Gasteiger partial charge on any atom is 0.140 e. The van der Waals surface area contributed by atoms with E-state index in [1.54, 1.807) is 12.1 Å². The van der Waals surface area contributed by atoms with E-state index in [1.807, 2.05) is 19.9 Å². The Labute approximate surface area is 175 Å². The zero-order chi connectivity index (χ0) is 20.5. The van der Waals surface area contributed by atoms with Crippen LogP contribution in [0, 0.1) is 19.8 Å². The Morgan fingerprint density at radius 3 is 2.55 bits per heavy atom. The number of nitrogens with zero attached hydrogens (tertiary/aromatic N) is 3. The van der Waals surface area contributed by atoms with Crippen LogP contribution in [0.4, 0.5) is 4.39 Å². The number of rotatable bonds is 3. The predicted octanol–water partition coefficient (Wildman–Crippen LogP) is 5.90. The van der Waals surface area contributed by atoms with Gasteiger partial charge in [0, 0.05) is 40.7 Å². The number of phenolic OH excluding ortho intramolecular Hbond substituents is 1. The number of aryl methyl sites for hydroxylation is 2. The molecule has 4 nitrogen and oxygen atoms in total. The molecule has 0 aliphatic carbocycles. The number of alkyl halides is 1. The van der Waals surface area contributed by atoms with Gasteiger partial charge in [0.05, 0.1) is 17.4 Å². The lowest BCUT2D eigenvalue weighted by molar-refractivity contribution is 0.293. The molecule has 1 aliphatic heterocycles. The normalized spacial score (nSPS) is 16.9. The van der Waals surface area contributed by atoms with E-state index >= 15 is 0 Å². The summed E-state index contributed by atoms with van der Waals surface area (Å²) in [7, 11) is 0. The molecular weight excluding hydrogens is 389 g/mol. The highest BCUT2D eigenvalue weighted by Crippen LogP contribution is 2.36. The Hall–Kier alpha value is -2.40. The fourth-order valence-corrected chi connectivity index (χ4v) is 4.39. The number of halogens is 2. The van der Waals surface area contributed by atoms with Crippen molar-refractivity contribution < 1.29 is 9.50 Å². The first-order valence-corrected chi connectivity index (χ1v) is 10.4. The molecule has 0 bridgehead atoms. The van der Waals surface area contributed by atoms with Gasteiger partial charge in [-0.05, 0) is 63.4 Å². The van der Waals surface area contributed by atoms with E-state index in [2.05, 4.69) is 21.7 Å². The first-order chi connectivity index (χ1) is 14.0. The van der Waals surface area contributed by atoms with Gasteiger partial charge in [0.2, 0.25) is 0 Å². The third-order valence-corrected chi connectivity index (χ3v) is 5.87. The standard InChI is InChI=1S/C23H25ClFN3O/c1-14-9-18(10-15(2)26-14)22-20-6-4-3-5-16(12-25)13-28(20)23(27-22)17-7-8-21(29)19(24)11-17/h7-11,16,29H,3-6,12-13H2,1-2H3/t16-/m1/s1. The zero-order valence-corrected chi connectivity index (χ0v) is 17.5. The van der Waals surface area contributed by atoms with Gasteiger partial charge in [-0.3, -0.25) is 9.37 Å². The second-order valence-electron chi connectivity index (χ2n) is 7.91. The van der Waals surface area contributed by atoms with Crippen LogP contribution in [0.25, 0.3) is 22.6 Å². The Morgan fingerprint density at radius 1 is 1.10 bits per heavy atom. The van der Waals surface area contributed by atoms with Gasteiger partial charge in [-0.25, -0.2) is 4.98 Å². The molecule has 1 atom stereocenters. The molecule has 2 aromatic heterocycles. The smallest absolute Gasteiger partial charge is 0.140 e. The van der Waals surface area contributed by atoms with Crippen molar-refractivity contribution in [2.24, 2.45) is 5.92 Å². The van der Waals surface area contributed by atoms with Crippen molar-refractivity contribution in [2.45, 2.75) is 46.1 Å². The Balaban J connectivity index is 1.93. The zero-order valence-electron chi connectivity index (χ0n) is 16.8. The van der Waals surface area contributed by atoms with Crippen molar-refractivity contribution in [3.63, 3.8) is 0 Å². The molecule has 0 unspecified atom stereocenters. The van der Waals surface area contributed by atoms with Crippen molar-refractivity contribution in [3.8, 4) is 28.4 Å². The molecule has 1 aliphatic rings. The summed E-state index contributed by atoms with van der Waals surface area (Å²) in [4.78, 5) is 9.50. The summed E-state index contributed by atoms with van der Waals surface area (Å²) in [6.07, 6.45) is 3.81. The van der Waals surface area contributed by atoms with Crippen LogP contribution >= 0.6 is 11.6 Å². The SMILES string of the molecule is Cc1cc(-c2nc(-c3ccc(O)c(Cl)c3)n3c2CCCC[C@H](CF)C3)cc(C)n1. The number of imidazole rings is 1. The van der Waals surface area contributed by atoms with Crippen molar-refractivity contribution >= 4 is 11.6 Å². The van der Waals surface area contributed by atoms with Crippen LogP contribution < -0.4 is 0 Å². The number of benzene rings is 1. The molecule has 0 spiro atoms. The van der Waals surface area contributed by atoms with Gasteiger partial charge < -0.3 is 9.67 Å². The quantitative estimate of drug-likeness (QED) is 0.581. The van der Waals surface area contributed by atoms with Crippen LogP contribution in [-0.2, 0) is 13.0 Å². The monoisotopic (exact) mass is 413 g/mol. The molecule has 1 aromatic carbocycles. The molecule has 3 aromatic rings. The molecule has 0 radical (unpaired) electrons. The molecule has 0 amide bonds. The summed E-state index contributed by atoms with van der Waals surface area (Å²) in [5.41, 5.74) is 5.81. The van der Waals surface area contributed by atoms with E-state index in [-0.39, 0.29) is 23.4 Å². The van der Waals surface area contributed by atoms with E-state index < -0.39 is 0 Å². The molecule has 152 valence electrons. The molecule has 0 fully saturated rings. The van der Waals surface area contributed by atoms with Gasteiger partial charge in [-0.1, -0.05) is 18.0 Å². The first kappa shape index (κ1) is 19.9. The maximum absolute atomic E-state index is 13.7. The minimum Gasteiger partial charge on any atom is -0.506 e. The lowest BCUT2D eigenvalue weighted by atomic mass is 9.97. The molecule has 1 N–H and O–H groups in total. The molecular formula is C23H25ClFN3O. The third-order valence-electron chi connectivity index (χ3n) is 5.57. The van der Waals surface area contributed by atoms with Gasteiger partial charge in [0.25, 0.3) is 0 Å². The number of hydrogen-bond donors (Lipinski definition) is 1. The van der Waals surface area contributed by atoms with Crippen molar-refractivity contribution in [1.29, 1.82) is 0 Å². The topological polar surface area (TPSA) is 50.9 Å². The lowest BCUT2D eigenvalue weighted by Crippen LogP contribution is -2.18. The van der Waals surface area contributed by atoms with Crippen LogP contribution in [0.3, 0.4) is 0 Å². The van der Waals surface area contributed by atoms with E-state index in [9.17, 15) is 9.50 Å². The lowest BCUT2D eigenvalue weighted by Gasteiger charge is -2.21. The minimum absolute atomic E-state index is 0.0247. The van der Waals surface area contributed by atoms with Gasteiger partial charge in [0.1, 0.15) is 11.6 Å². The van der Waals surface area contributed by atoms with E-state index in [1.165, 1.54) is 0 Å². The van der Waals surface area contributed by atoms with E-state index in [0.717, 1.165) is 65.4 Å². The minimum atomic E-state index is -0.337. The van der Waals surface area contributed by atoms with Gasteiger partial charge in [0.15, 0.2) is 0 Å². The number of hydrogen-bond acceptors (Lipinski definition) is 3. The Morgan fingerprint density at radius 2 is 1.86 bits per heavy atom. The van der Waals surface area contributed by atoms with Crippen molar-refractivity contribution in [3.05, 3.63) is 52.4 Å². The van der Waals surface area contributed by atoms with Gasteiger partial charge in [-0.15, -0.1) is 0 Å². The van der Waals surface area contributed by atoms with E-state index in [4.69, 9.17) is 16.6 Å². The van der Waals surface area contributed by atoms with E-state index in [0.29, 0.717) is 6.54 Å². The molecule has 6 heteroatoms. The summed E-state index contributed by atoms with van der Waals surface area (Å²) in [5, 5.41) is 10.1. The molecule has 0 saturated heterocycles. The number of fused-ring (bicyclic) bond motifs is 1. The Kier molecular flexibility index (Phi) is 5.59. The average molecular weight is 414 g/mol. The fraction of sp³-hybridized carbons (Fsp3) is 0.391. The van der Waals surface area contributed by atoms with Crippen LogP contribution in [0.2, 0.25) is 5.02 Å². The molecule has 0 saturated carbocycles. The highest BCUT2D eigenvalue weighted by molar-refractivity contribution is 6.32. The van der Waals surface area contributed by atoms with Gasteiger partial charge in [-0.2, -0.15) is 0 Å². The van der Waals surface area contributed by atoms with Gasteiger partial charge >= 0.3 is 0 Å². The summed E-state index contributed by atoms with van der Waals surface area (Å²) in [5.74, 6) is 0.782. The maximum atomic E-state index is 13.7. The van der Waals surface area contributed by atoms with Crippen LogP contribution in [0.15, 0.2) is 30.3 Å². The average Bonchev–Trinajstić information content (AvgIpc) is 3.00. The fourth-order valence-electron chi connectivity index (χ4n) is 4.21. The summed E-state index contributed by atoms with van der Waals surface area (Å²) < 4.78 is 15.8. The van der Waals surface area contributed by atoms with Crippen LogP contribution in [-0.4, -0.2) is 26.3 Å². The summed E-state index contributed by atoms with van der Waals surface area (Å²) in [6.45, 7) is 4.22. The molecule has 4 rings (SSSR count). The van der Waals surface area contributed by atoms with Crippen LogP contribution in [0.1, 0.15) is 36.3 Å². The van der Waals surface area contributed by atoms with Crippen molar-refractivity contribution in [1.82, 2.24) is 14.5 Å². The number of aromatic hydroxyl groups is 1. The molecule has 29 heavy (non-hydrogen) atoms. The largest absolute Gasteiger partial charge is 0.506 e. The Bertz CT molecular complexity index is 1030. The molecule has 3 heterocycles. The third kappa shape index (κ3) is 4.01. The number of phenols is 1. The first-order valence-electron chi connectivity index (χ1n) is 10.1. The number of aromatic nitrogens is 3. The number of pyridine rings is 1. The second kappa shape index (κ2) is 8.15. The predicted molar refractivity (Wildman–Crippen MR) is 114 cm³/mol. The van der Waals surface area contributed by atoms with Crippen LogP contribution in [0.5, 0.6) is 5.75 Å². The van der Waals surface area contributed by atoms with Crippen molar-refractivity contribution in [2.75, 3.05) is 6.67 Å². The summed E-state index contributed by atoms with van der Waals surface area (Å²) in [6, 6.07) is 9.22.